The van der Waals surface area contributed by atoms with Gasteiger partial charge in [-0.25, -0.2) is 0 Å². The highest BCUT2D eigenvalue weighted by Gasteiger charge is 2.20. The fourth-order valence-corrected chi connectivity index (χ4v) is 2.56. The molecule has 130 valence electrons. The smallest absolute Gasteiger partial charge is 0.387 e. The van der Waals surface area contributed by atoms with Crippen LogP contribution in [0.25, 0.3) is 0 Å². The van der Waals surface area contributed by atoms with Gasteiger partial charge >= 0.3 is 6.61 Å². The first-order valence-corrected chi connectivity index (χ1v) is 7.31. The minimum absolute atomic E-state index is 0. The zero-order valence-electron chi connectivity index (χ0n) is 12.9. The lowest BCUT2D eigenvalue weighted by atomic mass is 10.1. The number of likely N-dealkylation sites (tertiary alicyclic amines) is 1. The Labute approximate surface area is 140 Å². The van der Waals surface area contributed by atoms with E-state index in [4.69, 9.17) is 0 Å². The van der Waals surface area contributed by atoms with Crippen LogP contribution >= 0.6 is 12.4 Å². The lowest BCUT2D eigenvalue weighted by Crippen LogP contribution is -2.46. The molecule has 1 heterocycles. The van der Waals surface area contributed by atoms with Crippen molar-refractivity contribution in [2.45, 2.75) is 25.5 Å². The zero-order chi connectivity index (χ0) is 15.9. The molecule has 0 saturated carbocycles. The first-order valence-electron chi connectivity index (χ1n) is 7.31. The van der Waals surface area contributed by atoms with Gasteiger partial charge in [0.2, 0.25) is 5.91 Å². The van der Waals surface area contributed by atoms with Crippen molar-refractivity contribution in [3.63, 3.8) is 0 Å². The minimum atomic E-state index is -2.85. The van der Waals surface area contributed by atoms with Gasteiger partial charge in [0.25, 0.3) is 0 Å². The van der Waals surface area contributed by atoms with E-state index < -0.39 is 6.61 Å². The number of anilines is 1. The van der Waals surface area contributed by atoms with Crippen LogP contribution in [0.3, 0.4) is 0 Å². The molecule has 2 rings (SSSR count). The van der Waals surface area contributed by atoms with Crippen LogP contribution < -0.4 is 15.4 Å². The van der Waals surface area contributed by atoms with Gasteiger partial charge in [-0.15, -0.1) is 12.4 Å². The van der Waals surface area contributed by atoms with Gasteiger partial charge in [-0.3, -0.25) is 9.69 Å². The second-order valence-corrected chi connectivity index (χ2v) is 5.31. The number of piperidine rings is 1. The van der Waals surface area contributed by atoms with Crippen LogP contribution in [0.5, 0.6) is 5.75 Å². The maximum Gasteiger partial charge on any atom is 0.387 e. The summed E-state index contributed by atoms with van der Waals surface area (Å²) in [5.74, 6) is -0.0415. The Hall–Kier alpha value is -1.44. The molecule has 1 aliphatic rings. The third-order valence-electron chi connectivity index (χ3n) is 3.64. The third kappa shape index (κ3) is 6.68. The molecule has 0 spiro atoms. The summed E-state index contributed by atoms with van der Waals surface area (Å²) >= 11 is 0. The molecule has 0 aliphatic carbocycles. The number of carbonyl (C=O) groups excluding carboxylic acids is 1. The van der Waals surface area contributed by atoms with E-state index in [-0.39, 0.29) is 24.1 Å². The van der Waals surface area contributed by atoms with Gasteiger partial charge in [0.15, 0.2) is 0 Å². The fourth-order valence-electron chi connectivity index (χ4n) is 2.56. The summed E-state index contributed by atoms with van der Waals surface area (Å²) in [6, 6.07) is 6.32. The van der Waals surface area contributed by atoms with Crippen LogP contribution in [-0.4, -0.2) is 50.1 Å². The fraction of sp³-hybridized carbons (Fsp3) is 0.533. The van der Waals surface area contributed by atoms with E-state index >= 15 is 0 Å². The summed E-state index contributed by atoms with van der Waals surface area (Å²) in [6.45, 7) is -0.759. The SMILES string of the molecule is CNC1CCCN(CC(=O)Nc2ccc(OC(F)F)cc2)C1.Cl. The highest BCUT2D eigenvalue weighted by atomic mass is 35.5. The number of hydrogen-bond acceptors (Lipinski definition) is 4. The molecule has 0 bridgehead atoms. The Balaban J connectivity index is 0.00000264. The highest BCUT2D eigenvalue weighted by Crippen LogP contribution is 2.18. The number of nitrogens with one attached hydrogen (secondary N) is 2. The quantitative estimate of drug-likeness (QED) is 0.827. The van der Waals surface area contributed by atoms with Crippen LogP contribution in [0.2, 0.25) is 0 Å². The first-order chi connectivity index (χ1) is 10.6. The topological polar surface area (TPSA) is 53.6 Å². The monoisotopic (exact) mass is 349 g/mol. The predicted molar refractivity (Wildman–Crippen MR) is 87.5 cm³/mol. The summed E-state index contributed by atoms with van der Waals surface area (Å²) < 4.78 is 28.4. The van der Waals surface area contributed by atoms with Crippen molar-refractivity contribution in [2.24, 2.45) is 0 Å². The summed E-state index contributed by atoms with van der Waals surface area (Å²) in [7, 11) is 1.93. The molecule has 2 N–H and O–H groups in total. The number of alkyl halides is 2. The Morgan fingerprint density at radius 1 is 1.39 bits per heavy atom. The van der Waals surface area contributed by atoms with Gasteiger partial charge in [-0.1, -0.05) is 0 Å². The number of hydrogen-bond donors (Lipinski definition) is 2. The largest absolute Gasteiger partial charge is 0.435 e. The van der Waals surface area contributed by atoms with Gasteiger partial charge in [-0.05, 0) is 50.7 Å². The second kappa shape index (κ2) is 9.64. The molecule has 23 heavy (non-hydrogen) atoms. The molecule has 5 nitrogen and oxygen atoms in total. The average molecular weight is 350 g/mol. The molecular weight excluding hydrogens is 328 g/mol. The third-order valence-corrected chi connectivity index (χ3v) is 3.64. The molecule has 1 aromatic carbocycles. The minimum Gasteiger partial charge on any atom is -0.435 e. The Morgan fingerprint density at radius 2 is 2.09 bits per heavy atom. The van der Waals surface area contributed by atoms with E-state index in [1.54, 1.807) is 12.1 Å². The summed E-state index contributed by atoms with van der Waals surface area (Å²) in [4.78, 5) is 14.1. The van der Waals surface area contributed by atoms with Crippen molar-refractivity contribution in [3.8, 4) is 5.75 Å². The molecule has 8 heteroatoms. The number of amides is 1. The van der Waals surface area contributed by atoms with Gasteiger partial charge in [0.1, 0.15) is 5.75 Å². The van der Waals surface area contributed by atoms with Crippen molar-refractivity contribution in [3.05, 3.63) is 24.3 Å². The molecule has 1 atom stereocenters. The summed E-state index contributed by atoms with van der Waals surface area (Å²) in [5.41, 5.74) is 0.564. The molecule has 0 radical (unpaired) electrons. The van der Waals surface area contributed by atoms with Crippen molar-refractivity contribution >= 4 is 24.0 Å². The molecule has 1 aliphatic heterocycles. The molecule has 1 amide bonds. The van der Waals surface area contributed by atoms with Gasteiger partial charge in [0.05, 0.1) is 6.54 Å². The maximum absolute atomic E-state index is 12.0. The lowest BCUT2D eigenvalue weighted by molar-refractivity contribution is -0.117. The summed E-state index contributed by atoms with van der Waals surface area (Å²) in [5, 5.41) is 5.99. The average Bonchev–Trinajstić information content (AvgIpc) is 2.49. The number of halogens is 3. The van der Waals surface area contributed by atoms with Crippen LogP contribution in [0, 0.1) is 0 Å². The summed E-state index contributed by atoms with van der Waals surface area (Å²) in [6.07, 6.45) is 2.19. The van der Waals surface area contributed by atoms with Crippen LogP contribution in [0.15, 0.2) is 24.3 Å². The van der Waals surface area contributed by atoms with E-state index in [1.807, 2.05) is 7.05 Å². The van der Waals surface area contributed by atoms with Crippen LogP contribution in [-0.2, 0) is 4.79 Å². The van der Waals surface area contributed by atoms with E-state index in [0.717, 1.165) is 25.9 Å². The Kier molecular flexibility index (Phi) is 8.22. The molecule has 1 unspecified atom stereocenters. The van der Waals surface area contributed by atoms with Gasteiger partial charge < -0.3 is 15.4 Å². The molecule has 0 aromatic heterocycles. The molecule has 1 fully saturated rings. The standard InChI is InChI=1S/C15H21F2N3O2.ClH/c1-18-12-3-2-8-20(9-12)10-14(21)19-11-4-6-13(7-5-11)22-15(16)17;/h4-7,12,15,18H,2-3,8-10H2,1H3,(H,19,21);1H. The van der Waals surface area contributed by atoms with Gasteiger partial charge in [0, 0.05) is 18.3 Å². The van der Waals surface area contributed by atoms with Crippen molar-refractivity contribution < 1.29 is 18.3 Å². The van der Waals surface area contributed by atoms with Crippen molar-refractivity contribution in [2.75, 3.05) is 32.0 Å². The van der Waals surface area contributed by atoms with E-state index in [0.29, 0.717) is 18.3 Å². The second-order valence-electron chi connectivity index (χ2n) is 5.31. The predicted octanol–water partition coefficient (Wildman–Crippen LogP) is 2.33. The zero-order valence-corrected chi connectivity index (χ0v) is 13.7. The molecular formula is C15H22ClF2N3O2. The normalized spacial score (nSPS) is 18.3. The molecule has 1 aromatic rings. The first kappa shape index (κ1) is 19.6. The number of likely N-dealkylation sites (N-methyl/N-ethyl adjacent to an activating group) is 1. The highest BCUT2D eigenvalue weighted by molar-refractivity contribution is 5.92. The van der Waals surface area contributed by atoms with E-state index in [2.05, 4.69) is 20.3 Å². The van der Waals surface area contributed by atoms with E-state index in [1.165, 1.54) is 12.1 Å². The number of nitrogens with zero attached hydrogens (tertiary/aromatic N) is 1. The lowest BCUT2D eigenvalue weighted by Gasteiger charge is -2.31. The van der Waals surface area contributed by atoms with Crippen molar-refractivity contribution in [1.82, 2.24) is 10.2 Å². The Bertz CT molecular complexity index is 488. The van der Waals surface area contributed by atoms with Crippen LogP contribution in [0.1, 0.15) is 12.8 Å². The number of rotatable bonds is 6. The molecule has 1 saturated heterocycles. The maximum atomic E-state index is 12.0. The van der Waals surface area contributed by atoms with Crippen LogP contribution in [0.4, 0.5) is 14.5 Å². The Morgan fingerprint density at radius 3 is 2.70 bits per heavy atom. The van der Waals surface area contributed by atoms with Crippen molar-refractivity contribution in [1.29, 1.82) is 0 Å². The van der Waals surface area contributed by atoms with Gasteiger partial charge in [-0.2, -0.15) is 8.78 Å². The number of benzene rings is 1. The number of carbonyl (C=O) groups is 1. The van der Waals surface area contributed by atoms with E-state index in [9.17, 15) is 13.6 Å². The number of ether oxygens (including phenoxy) is 1.